The number of hydrogen-bond acceptors (Lipinski definition) is 7. The number of nitro benzene ring substituents is 1. The first-order valence-corrected chi connectivity index (χ1v) is 5.20. The molecule has 2 aromatic rings. The van der Waals surface area contributed by atoms with Crippen LogP contribution in [-0.2, 0) is 4.74 Å². The number of hydrogen-bond donors (Lipinski definition) is 0. The van der Waals surface area contributed by atoms with Crippen LogP contribution in [0.15, 0.2) is 22.6 Å². The van der Waals surface area contributed by atoms with Crippen molar-refractivity contribution in [1.82, 2.24) is 10.2 Å². The molecular weight excluding hydrogens is 254 g/mol. The molecule has 0 aliphatic carbocycles. The van der Waals surface area contributed by atoms with Crippen molar-refractivity contribution in [3.8, 4) is 11.5 Å². The van der Waals surface area contributed by atoms with E-state index >= 15 is 0 Å². The van der Waals surface area contributed by atoms with Gasteiger partial charge in [0, 0.05) is 17.7 Å². The van der Waals surface area contributed by atoms with Crippen LogP contribution in [0.4, 0.5) is 5.69 Å². The van der Waals surface area contributed by atoms with Gasteiger partial charge in [-0.2, -0.15) is 0 Å². The third-order valence-corrected chi connectivity index (χ3v) is 2.45. The number of benzene rings is 1. The summed E-state index contributed by atoms with van der Waals surface area (Å²) in [6, 6.07) is 4.25. The van der Waals surface area contributed by atoms with E-state index in [0.29, 0.717) is 11.1 Å². The SMILES string of the molecule is COC(=O)c1nnc(-c2cc([N+](=O)[O-])ccc2C)o1. The summed E-state index contributed by atoms with van der Waals surface area (Å²) in [7, 11) is 1.19. The molecule has 0 fully saturated rings. The van der Waals surface area contributed by atoms with Gasteiger partial charge in [-0.1, -0.05) is 6.07 Å². The van der Waals surface area contributed by atoms with Gasteiger partial charge in [0.25, 0.3) is 5.69 Å². The highest BCUT2D eigenvalue weighted by Gasteiger charge is 2.19. The fourth-order valence-electron chi connectivity index (χ4n) is 1.46. The van der Waals surface area contributed by atoms with Gasteiger partial charge in [0.15, 0.2) is 0 Å². The number of methoxy groups -OCH3 is 1. The number of aromatic nitrogens is 2. The molecule has 0 aliphatic heterocycles. The van der Waals surface area contributed by atoms with E-state index < -0.39 is 10.9 Å². The Morgan fingerprint density at radius 1 is 1.42 bits per heavy atom. The number of aryl methyl sites for hydroxylation is 1. The third kappa shape index (κ3) is 2.41. The number of nitro groups is 1. The molecule has 0 spiro atoms. The Morgan fingerprint density at radius 3 is 2.79 bits per heavy atom. The Labute approximate surface area is 107 Å². The topological polar surface area (TPSA) is 108 Å². The van der Waals surface area contributed by atoms with Gasteiger partial charge in [-0.05, 0) is 12.5 Å². The van der Waals surface area contributed by atoms with Crippen molar-refractivity contribution in [1.29, 1.82) is 0 Å². The van der Waals surface area contributed by atoms with Gasteiger partial charge in [-0.25, -0.2) is 4.79 Å². The third-order valence-electron chi connectivity index (χ3n) is 2.45. The summed E-state index contributed by atoms with van der Waals surface area (Å²) >= 11 is 0. The van der Waals surface area contributed by atoms with E-state index in [1.165, 1.54) is 19.2 Å². The van der Waals surface area contributed by atoms with E-state index in [4.69, 9.17) is 4.42 Å². The molecule has 0 aliphatic rings. The van der Waals surface area contributed by atoms with Crippen molar-refractivity contribution in [2.24, 2.45) is 0 Å². The minimum atomic E-state index is -0.762. The highest BCUT2D eigenvalue weighted by atomic mass is 16.6. The molecule has 0 radical (unpaired) electrons. The van der Waals surface area contributed by atoms with Crippen molar-refractivity contribution in [2.75, 3.05) is 7.11 Å². The van der Waals surface area contributed by atoms with Crippen LogP contribution in [0.1, 0.15) is 16.2 Å². The predicted molar refractivity (Wildman–Crippen MR) is 62.5 cm³/mol. The first kappa shape index (κ1) is 12.7. The van der Waals surface area contributed by atoms with Crippen molar-refractivity contribution >= 4 is 11.7 Å². The average molecular weight is 263 g/mol. The average Bonchev–Trinajstić information content (AvgIpc) is 2.87. The minimum absolute atomic E-state index is 0.0293. The quantitative estimate of drug-likeness (QED) is 0.471. The molecule has 0 unspecified atom stereocenters. The molecule has 19 heavy (non-hydrogen) atoms. The molecule has 1 aromatic heterocycles. The van der Waals surface area contributed by atoms with E-state index in [2.05, 4.69) is 14.9 Å². The number of carbonyl (C=O) groups is 1. The van der Waals surface area contributed by atoms with E-state index in [-0.39, 0.29) is 17.5 Å². The van der Waals surface area contributed by atoms with Crippen molar-refractivity contribution in [2.45, 2.75) is 6.92 Å². The molecule has 0 bridgehead atoms. The van der Waals surface area contributed by atoms with Crippen LogP contribution in [0.2, 0.25) is 0 Å². The fourth-order valence-corrected chi connectivity index (χ4v) is 1.46. The van der Waals surface area contributed by atoms with Crippen molar-refractivity contribution in [3.63, 3.8) is 0 Å². The summed E-state index contributed by atoms with van der Waals surface area (Å²) in [5, 5.41) is 17.9. The standard InChI is InChI=1S/C11H9N3O5/c1-6-3-4-7(14(16)17)5-8(6)9-12-13-10(19-9)11(15)18-2/h3-5H,1-2H3. The molecule has 98 valence electrons. The lowest BCUT2D eigenvalue weighted by Gasteiger charge is -2.00. The number of esters is 1. The molecule has 8 nitrogen and oxygen atoms in total. The Hall–Kier alpha value is -2.77. The van der Waals surface area contributed by atoms with Crippen LogP contribution >= 0.6 is 0 Å². The molecule has 0 saturated heterocycles. The van der Waals surface area contributed by atoms with Gasteiger partial charge in [0.05, 0.1) is 12.0 Å². The molecule has 0 saturated carbocycles. The summed E-state index contributed by atoms with van der Waals surface area (Å²) in [6.45, 7) is 1.74. The summed E-state index contributed by atoms with van der Waals surface area (Å²) in [4.78, 5) is 21.4. The first-order valence-electron chi connectivity index (χ1n) is 5.20. The van der Waals surface area contributed by atoms with Crippen molar-refractivity contribution < 1.29 is 18.9 Å². The van der Waals surface area contributed by atoms with Gasteiger partial charge in [0.1, 0.15) is 0 Å². The molecule has 2 rings (SSSR count). The summed E-state index contributed by atoms with van der Waals surface area (Å²) in [6.07, 6.45) is 0. The zero-order valence-electron chi connectivity index (χ0n) is 10.1. The highest BCUT2D eigenvalue weighted by Crippen LogP contribution is 2.26. The van der Waals surface area contributed by atoms with E-state index in [9.17, 15) is 14.9 Å². The maximum Gasteiger partial charge on any atom is 0.396 e. The lowest BCUT2D eigenvalue weighted by atomic mass is 10.1. The second-order valence-corrected chi connectivity index (χ2v) is 3.66. The van der Waals surface area contributed by atoms with Gasteiger partial charge in [-0.3, -0.25) is 10.1 Å². The normalized spacial score (nSPS) is 10.2. The molecule has 1 aromatic carbocycles. The number of non-ortho nitro benzene ring substituents is 1. The van der Waals surface area contributed by atoms with E-state index in [0.717, 1.165) is 0 Å². The fraction of sp³-hybridized carbons (Fsp3) is 0.182. The molecule has 0 amide bonds. The molecule has 1 heterocycles. The second kappa shape index (κ2) is 4.84. The maximum absolute atomic E-state index is 11.2. The molecule has 8 heteroatoms. The molecular formula is C11H9N3O5. The zero-order valence-corrected chi connectivity index (χ0v) is 10.1. The Morgan fingerprint density at radius 2 is 2.16 bits per heavy atom. The maximum atomic E-state index is 11.2. The predicted octanol–water partition coefficient (Wildman–Crippen LogP) is 1.74. The lowest BCUT2D eigenvalue weighted by Crippen LogP contribution is -2.00. The van der Waals surface area contributed by atoms with Gasteiger partial charge in [-0.15, -0.1) is 10.2 Å². The Bertz CT molecular complexity index is 650. The minimum Gasteiger partial charge on any atom is -0.462 e. The van der Waals surface area contributed by atoms with Gasteiger partial charge >= 0.3 is 11.9 Å². The summed E-state index contributed by atoms with van der Waals surface area (Å²) < 4.78 is 9.55. The van der Waals surface area contributed by atoms with Gasteiger partial charge in [0.2, 0.25) is 5.89 Å². The highest BCUT2D eigenvalue weighted by molar-refractivity contribution is 5.84. The summed E-state index contributed by atoms with van der Waals surface area (Å²) in [5.41, 5.74) is 1.01. The van der Waals surface area contributed by atoms with Crippen LogP contribution in [0, 0.1) is 17.0 Å². The van der Waals surface area contributed by atoms with Crippen molar-refractivity contribution in [3.05, 3.63) is 39.8 Å². The zero-order chi connectivity index (χ0) is 14.0. The van der Waals surface area contributed by atoms with Crippen LogP contribution in [0.5, 0.6) is 0 Å². The van der Waals surface area contributed by atoms with Gasteiger partial charge < -0.3 is 9.15 Å². The number of nitrogens with zero attached hydrogens (tertiary/aromatic N) is 3. The van der Waals surface area contributed by atoms with Crippen LogP contribution in [0.25, 0.3) is 11.5 Å². The number of rotatable bonds is 3. The number of ether oxygens (including phenoxy) is 1. The summed E-state index contributed by atoms with van der Waals surface area (Å²) in [5.74, 6) is -1.04. The number of carbonyl (C=O) groups excluding carboxylic acids is 1. The van der Waals surface area contributed by atoms with E-state index in [1.807, 2.05) is 0 Å². The largest absolute Gasteiger partial charge is 0.462 e. The van der Waals surface area contributed by atoms with Crippen LogP contribution in [-0.4, -0.2) is 28.2 Å². The van der Waals surface area contributed by atoms with Crippen LogP contribution in [0.3, 0.4) is 0 Å². The molecule has 0 N–H and O–H groups in total. The smallest absolute Gasteiger partial charge is 0.396 e. The monoisotopic (exact) mass is 263 g/mol. The van der Waals surface area contributed by atoms with Crippen LogP contribution < -0.4 is 0 Å². The Balaban J connectivity index is 2.46. The Kier molecular flexibility index (Phi) is 3.23. The van der Waals surface area contributed by atoms with E-state index in [1.54, 1.807) is 13.0 Å². The molecule has 0 atom stereocenters. The lowest BCUT2D eigenvalue weighted by molar-refractivity contribution is -0.384. The first-order chi connectivity index (χ1) is 9.02. The second-order valence-electron chi connectivity index (χ2n) is 3.66.